The number of likely N-dealkylation sites (N-methyl/N-ethyl adjacent to an activating group) is 1. The Bertz CT molecular complexity index is 237. The minimum Gasteiger partial charge on any atom is -0.353 e. The summed E-state index contributed by atoms with van der Waals surface area (Å²) in [5.74, 6) is 5.64. The molecule has 0 aromatic carbocycles. The molecule has 0 aliphatic heterocycles. The molecule has 0 aliphatic rings. The van der Waals surface area contributed by atoms with Crippen LogP contribution in [0.1, 0.15) is 20.8 Å². The highest BCUT2D eigenvalue weighted by Gasteiger charge is 2.14. The number of hydrazine groups is 1. The van der Waals surface area contributed by atoms with Crippen LogP contribution in [0, 0.1) is 0 Å². The lowest BCUT2D eigenvalue weighted by molar-refractivity contribution is -0.129. The van der Waals surface area contributed by atoms with Crippen LogP contribution in [0.3, 0.4) is 0 Å². The third-order valence-corrected chi connectivity index (χ3v) is 1.68. The molecule has 0 spiro atoms. The minimum absolute atomic E-state index is 0.0618. The first-order valence-electron chi connectivity index (χ1n) is 4.90. The van der Waals surface area contributed by atoms with E-state index in [9.17, 15) is 4.79 Å². The van der Waals surface area contributed by atoms with Crippen molar-refractivity contribution in [2.45, 2.75) is 32.9 Å². The fourth-order valence-corrected chi connectivity index (χ4v) is 1.01. The molecule has 6 heteroatoms. The lowest BCUT2D eigenvalue weighted by Gasteiger charge is -2.17. The van der Waals surface area contributed by atoms with Gasteiger partial charge in [0.25, 0.3) is 0 Å². The van der Waals surface area contributed by atoms with Gasteiger partial charge in [0.05, 0.1) is 0 Å². The lowest BCUT2D eigenvalue weighted by atomic mass is 10.3. The van der Waals surface area contributed by atoms with E-state index >= 15 is 0 Å². The van der Waals surface area contributed by atoms with E-state index in [0.717, 1.165) is 0 Å². The van der Waals surface area contributed by atoms with Crippen molar-refractivity contribution in [3.63, 3.8) is 0 Å². The molecule has 0 saturated heterocycles. The quantitative estimate of drug-likeness (QED) is 0.251. The number of aliphatic imine (C=N–C) groups is 1. The molecule has 0 rings (SSSR count). The summed E-state index contributed by atoms with van der Waals surface area (Å²) in [6.45, 7) is 5.65. The SMILES string of the molecule is CC(C)NC(=NC(C)C(=O)N(C)C)NN. The normalized spacial score (nSPS) is 13.7. The van der Waals surface area contributed by atoms with Gasteiger partial charge in [-0.05, 0) is 20.8 Å². The van der Waals surface area contributed by atoms with Gasteiger partial charge in [-0.15, -0.1) is 0 Å². The van der Waals surface area contributed by atoms with Crippen LogP contribution in [0.25, 0.3) is 0 Å². The molecule has 1 atom stereocenters. The van der Waals surface area contributed by atoms with Gasteiger partial charge in [-0.2, -0.15) is 0 Å². The summed E-state index contributed by atoms with van der Waals surface area (Å²) >= 11 is 0. The maximum atomic E-state index is 11.5. The van der Waals surface area contributed by atoms with Gasteiger partial charge in [0.2, 0.25) is 11.9 Å². The van der Waals surface area contributed by atoms with Gasteiger partial charge in [0.15, 0.2) is 0 Å². The van der Waals surface area contributed by atoms with E-state index in [1.54, 1.807) is 21.0 Å². The average molecular weight is 215 g/mol. The number of nitrogens with one attached hydrogen (secondary N) is 2. The van der Waals surface area contributed by atoms with E-state index in [0.29, 0.717) is 5.96 Å². The second kappa shape index (κ2) is 6.23. The molecule has 0 aromatic heterocycles. The van der Waals surface area contributed by atoms with Crippen LogP contribution in [0.4, 0.5) is 0 Å². The number of rotatable bonds is 3. The van der Waals surface area contributed by atoms with Gasteiger partial charge in [0, 0.05) is 20.1 Å². The first kappa shape index (κ1) is 13.7. The zero-order valence-corrected chi connectivity index (χ0v) is 10.0. The van der Waals surface area contributed by atoms with E-state index < -0.39 is 6.04 Å². The number of carbonyl (C=O) groups is 1. The van der Waals surface area contributed by atoms with E-state index in [1.165, 1.54) is 4.90 Å². The van der Waals surface area contributed by atoms with Gasteiger partial charge >= 0.3 is 0 Å². The van der Waals surface area contributed by atoms with Crippen molar-refractivity contribution in [1.29, 1.82) is 0 Å². The number of amides is 1. The van der Waals surface area contributed by atoms with Crippen LogP contribution in [0.5, 0.6) is 0 Å². The van der Waals surface area contributed by atoms with Crippen molar-refractivity contribution in [3.8, 4) is 0 Å². The standard InChI is InChI=1S/C9H21N5O/c1-6(2)11-9(13-10)12-7(3)8(15)14(4)5/h6-7H,10H2,1-5H3,(H2,11,12,13). The molecule has 0 aliphatic carbocycles. The van der Waals surface area contributed by atoms with Crippen molar-refractivity contribution in [2.24, 2.45) is 10.8 Å². The molecule has 0 aromatic rings. The van der Waals surface area contributed by atoms with Crippen molar-refractivity contribution in [2.75, 3.05) is 14.1 Å². The first-order chi connectivity index (χ1) is 6.88. The second-order valence-corrected chi connectivity index (χ2v) is 3.83. The molecule has 4 N–H and O–H groups in total. The summed E-state index contributed by atoms with van der Waals surface area (Å²) in [5, 5.41) is 3.00. The van der Waals surface area contributed by atoms with Gasteiger partial charge in [-0.1, -0.05) is 0 Å². The molecule has 15 heavy (non-hydrogen) atoms. The minimum atomic E-state index is -0.447. The molecule has 0 heterocycles. The highest BCUT2D eigenvalue weighted by molar-refractivity contribution is 5.86. The summed E-state index contributed by atoms with van der Waals surface area (Å²) in [7, 11) is 3.39. The van der Waals surface area contributed by atoms with E-state index in [4.69, 9.17) is 5.84 Å². The Morgan fingerprint density at radius 2 is 1.87 bits per heavy atom. The largest absolute Gasteiger partial charge is 0.353 e. The zero-order chi connectivity index (χ0) is 12.0. The molecule has 0 fully saturated rings. The van der Waals surface area contributed by atoms with Crippen LogP contribution >= 0.6 is 0 Å². The number of carbonyl (C=O) groups excluding carboxylic acids is 1. The third kappa shape index (κ3) is 5.21. The van der Waals surface area contributed by atoms with Gasteiger partial charge in [-0.3, -0.25) is 10.2 Å². The molecular formula is C9H21N5O. The van der Waals surface area contributed by atoms with Crippen molar-refractivity contribution in [3.05, 3.63) is 0 Å². The topological polar surface area (TPSA) is 82.8 Å². The van der Waals surface area contributed by atoms with E-state index in [-0.39, 0.29) is 11.9 Å². The molecule has 6 nitrogen and oxygen atoms in total. The molecule has 0 bridgehead atoms. The van der Waals surface area contributed by atoms with Crippen LogP contribution in [-0.2, 0) is 4.79 Å². The maximum absolute atomic E-state index is 11.5. The highest BCUT2D eigenvalue weighted by Crippen LogP contribution is 1.94. The lowest BCUT2D eigenvalue weighted by Crippen LogP contribution is -2.46. The predicted molar refractivity (Wildman–Crippen MR) is 61.2 cm³/mol. The van der Waals surface area contributed by atoms with Crippen LogP contribution < -0.4 is 16.6 Å². The monoisotopic (exact) mass is 215 g/mol. The average Bonchev–Trinajstić information content (AvgIpc) is 2.14. The fraction of sp³-hybridized carbons (Fsp3) is 0.778. The fourth-order valence-electron chi connectivity index (χ4n) is 1.01. The third-order valence-electron chi connectivity index (χ3n) is 1.68. The Balaban J connectivity index is 4.47. The highest BCUT2D eigenvalue weighted by atomic mass is 16.2. The molecular weight excluding hydrogens is 194 g/mol. The first-order valence-corrected chi connectivity index (χ1v) is 4.90. The number of hydrogen-bond acceptors (Lipinski definition) is 3. The molecule has 1 amide bonds. The molecule has 88 valence electrons. The molecule has 0 saturated carbocycles. The number of hydrogen-bond donors (Lipinski definition) is 3. The van der Waals surface area contributed by atoms with Crippen LogP contribution in [0.2, 0.25) is 0 Å². The van der Waals surface area contributed by atoms with Gasteiger partial charge in [0.1, 0.15) is 6.04 Å². The van der Waals surface area contributed by atoms with Crippen LogP contribution in [-0.4, -0.2) is 42.9 Å². The Morgan fingerprint density at radius 3 is 2.20 bits per heavy atom. The Kier molecular flexibility index (Phi) is 5.69. The van der Waals surface area contributed by atoms with E-state index in [1.807, 2.05) is 13.8 Å². The maximum Gasteiger partial charge on any atom is 0.246 e. The predicted octanol–water partition coefficient (Wildman–Crippen LogP) is -0.720. The molecule has 1 unspecified atom stereocenters. The Labute approximate surface area is 90.9 Å². The van der Waals surface area contributed by atoms with Crippen molar-refractivity contribution >= 4 is 11.9 Å². The molecule has 0 radical (unpaired) electrons. The summed E-state index contributed by atoms with van der Waals surface area (Å²) in [5.41, 5.74) is 2.43. The number of nitrogens with two attached hydrogens (primary N) is 1. The summed E-state index contributed by atoms with van der Waals surface area (Å²) in [6.07, 6.45) is 0. The zero-order valence-electron chi connectivity index (χ0n) is 10.0. The van der Waals surface area contributed by atoms with Crippen LogP contribution in [0.15, 0.2) is 4.99 Å². The number of guanidine groups is 1. The Morgan fingerprint density at radius 1 is 1.33 bits per heavy atom. The summed E-state index contributed by atoms with van der Waals surface area (Å²) in [4.78, 5) is 17.1. The van der Waals surface area contributed by atoms with E-state index in [2.05, 4.69) is 15.7 Å². The number of nitrogens with zero attached hydrogens (tertiary/aromatic N) is 2. The van der Waals surface area contributed by atoms with Crippen molar-refractivity contribution < 1.29 is 4.79 Å². The summed E-state index contributed by atoms with van der Waals surface area (Å²) in [6, 6.07) is -0.237. The van der Waals surface area contributed by atoms with Gasteiger partial charge < -0.3 is 10.2 Å². The Hall–Kier alpha value is -1.30. The smallest absolute Gasteiger partial charge is 0.246 e. The second-order valence-electron chi connectivity index (χ2n) is 3.83. The van der Waals surface area contributed by atoms with Gasteiger partial charge in [-0.25, -0.2) is 10.8 Å². The summed E-state index contributed by atoms with van der Waals surface area (Å²) < 4.78 is 0. The van der Waals surface area contributed by atoms with Crippen molar-refractivity contribution in [1.82, 2.24) is 15.6 Å².